The number of carbonyl (C=O) groups excluding carboxylic acids is 1. The fraction of sp³-hybridized carbons (Fsp3) is 0.0455. The predicted molar refractivity (Wildman–Crippen MR) is 110 cm³/mol. The molecule has 0 saturated carbocycles. The Kier molecular flexibility index (Phi) is 5.78. The van der Waals surface area contributed by atoms with E-state index in [0.29, 0.717) is 11.3 Å². The molecule has 0 saturated heterocycles. The van der Waals surface area contributed by atoms with E-state index in [2.05, 4.69) is 21.9 Å². The van der Waals surface area contributed by atoms with Crippen LogP contribution < -0.4 is 10.0 Å². The standard InChI is InChI=1S/C22H18N2O3S/c1-23-22(25)16-9-17-7-12-20(13-8-17)24-28(26,27)21-14-10-19(11-15-21)18-5-3-2-4-6-18/h2-8,10-15,24H,1H3,(H,23,25). The molecule has 6 heteroatoms. The molecule has 3 rings (SSSR count). The van der Waals surface area contributed by atoms with Gasteiger partial charge < -0.3 is 5.32 Å². The molecule has 28 heavy (non-hydrogen) atoms. The molecule has 1 amide bonds. The molecule has 140 valence electrons. The summed E-state index contributed by atoms with van der Waals surface area (Å²) in [6.07, 6.45) is 0. The highest BCUT2D eigenvalue weighted by Gasteiger charge is 2.14. The first-order valence-electron chi connectivity index (χ1n) is 8.50. The van der Waals surface area contributed by atoms with Gasteiger partial charge in [-0.2, -0.15) is 0 Å². The minimum absolute atomic E-state index is 0.177. The molecule has 0 spiro atoms. The van der Waals surface area contributed by atoms with Crippen LogP contribution in [0.25, 0.3) is 11.1 Å². The van der Waals surface area contributed by atoms with E-state index in [1.165, 1.54) is 7.05 Å². The number of carbonyl (C=O) groups is 1. The van der Waals surface area contributed by atoms with Crippen molar-refractivity contribution in [2.24, 2.45) is 0 Å². The van der Waals surface area contributed by atoms with E-state index < -0.39 is 10.0 Å². The second-order valence-corrected chi connectivity index (χ2v) is 7.58. The van der Waals surface area contributed by atoms with Gasteiger partial charge in [-0.3, -0.25) is 9.52 Å². The topological polar surface area (TPSA) is 75.3 Å². The summed E-state index contributed by atoms with van der Waals surface area (Å²) in [5, 5.41) is 2.41. The van der Waals surface area contributed by atoms with Gasteiger partial charge in [-0.25, -0.2) is 8.42 Å². The van der Waals surface area contributed by atoms with Gasteiger partial charge in [0.15, 0.2) is 0 Å². The van der Waals surface area contributed by atoms with Crippen LogP contribution in [0, 0.1) is 11.8 Å². The Balaban J connectivity index is 1.74. The summed E-state index contributed by atoms with van der Waals surface area (Å²) in [5.74, 6) is 4.74. The second-order valence-electron chi connectivity index (χ2n) is 5.90. The number of amides is 1. The van der Waals surface area contributed by atoms with Crippen LogP contribution in [0.1, 0.15) is 5.56 Å². The molecular weight excluding hydrogens is 372 g/mol. The zero-order chi connectivity index (χ0) is 20.0. The first-order chi connectivity index (χ1) is 13.5. The molecular formula is C22H18N2O3S. The number of hydrogen-bond acceptors (Lipinski definition) is 3. The summed E-state index contributed by atoms with van der Waals surface area (Å²) < 4.78 is 27.7. The molecule has 0 aromatic heterocycles. The molecule has 0 atom stereocenters. The lowest BCUT2D eigenvalue weighted by molar-refractivity contribution is -0.115. The summed E-state index contributed by atoms with van der Waals surface area (Å²) >= 11 is 0. The molecule has 0 aliphatic rings. The lowest BCUT2D eigenvalue weighted by Crippen LogP contribution is -2.14. The number of benzene rings is 3. The van der Waals surface area contributed by atoms with Gasteiger partial charge in [-0.05, 0) is 47.5 Å². The summed E-state index contributed by atoms with van der Waals surface area (Å²) in [7, 11) is -2.20. The lowest BCUT2D eigenvalue weighted by Gasteiger charge is -2.09. The average Bonchev–Trinajstić information content (AvgIpc) is 2.73. The molecule has 3 aromatic carbocycles. The molecule has 0 fully saturated rings. The van der Waals surface area contributed by atoms with Gasteiger partial charge in [0.05, 0.1) is 4.90 Å². The van der Waals surface area contributed by atoms with Crippen molar-refractivity contribution in [2.45, 2.75) is 4.90 Å². The molecule has 0 aliphatic heterocycles. The van der Waals surface area contributed by atoms with Gasteiger partial charge >= 0.3 is 0 Å². The van der Waals surface area contributed by atoms with Crippen molar-refractivity contribution in [3.63, 3.8) is 0 Å². The van der Waals surface area contributed by atoms with Gasteiger partial charge in [0, 0.05) is 24.2 Å². The third-order valence-electron chi connectivity index (χ3n) is 3.96. The summed E-state index contributed by atoms with van der Waals surface area (Å²) in [6.45, 7) is 0. The van der Waals surface area contributed by atoms with E-state index in [9.17, 15) is 13.2 Å². The quantitative estimate of drug-likeness (QED) is 0.672. The summed E-state index contributed by atoms with van der Waals surface area (Å²) in [4.78, 5) is 11.3. The third kappa shape index (κ3) is 4.78. The lowest BCUT2D eigenvalue weighted by atomic mass is 10.1. The van der Waals surface area contributed by atoms with Crippen molar-refractivity contribution in [3.05, 3.63) is 84.4 Å². The van der Waals surface area contributed by atoms with Crippen LogP contribution in [0.3, 0.4) is 0 Å². The van der Waals surface area contributed by atoms with Crippen molar-refractivity contribution in [1.82, 2.24) is 5.32 Å². The smallest absolute Gasteiger partial charge is 0.295 e. The number of hydrogen-bond donors (Lipinski definition) is 2. The van der Waals surface area contributed by atoms with Gasteiger partial charge in [-0.15, -0.1) is 0 Å². The number of sulfonamides is 1. The molecule has 0 bridgehead atoms. The van der Waals surface area contributed by atoms with E-state index >= 15 is 0 Å². The first-order valence-corrected chi connectivity index (χ1v) is 9.98. The highest BCUT2D eigenvalue weighted by Crippen LogP contribution is 2.22. The summed E-state index contributed by atoms with van der Waals surface area (Å²) in [5.41, 5.74) is 2.99. The Morgan fingerprint density at radius 1 is 0.821 bits per heavy atom. The van der Waals surface area contributed by atoms with Gasteiger partial charge in [-0.1, -0.05) is 48.4 Å². The third-order valence-corrected chi connectivity index (χ3v) is 5.35. The van der Waals surface area contributed by atoms with Crippen molar-refractivity contribution < 1.29 is 13.2 Å². The van der Waals surface area contributed by atoms with Crippen molar-refractivity contribution in [3.8, 4) is 23.0 Å². The van der Waals surface area contributed by atoms with Crippen LogP contribution in [0.4, 0.5) is 5.69 Å². The Morgan fingerprint density at radius 3 is 2.04 bits per heavy atom. The molecule has 0 radical (unpaired) electrons. The van der Waals surface area contributed by atoms with E-state index in [0.717, 1.165) is 11.1 Å². The van der Waals surface area contributed by atoms with E-state index in [1.54, 1.807) is 48.5 Å². The highest BCUT2D eigenvalue weighted by molar-refractivity contribution is 7.92. The zero-order valence-electron chi connectivity index (χ0n) is 15.1. The van der Waals surface area contributed by atoms with Crippen molar-refractivity contribution >= 4 is 21.6 Å². The second kappa shape index (κ2) is 8.42. The minimum atomic E-state index is -3.70. The van der Waals surface area contributed by atoms with E-state index in [1.807, 2.05) is 30.3 Å². The Bertz CT molecular complexity index is 1130. The number of anilines is 1. The maximum atomic E-state index is 12.6. The van der Waals surface area contributed by atoms with Crippen LogP contribution in [-0.2, 0) is 14.8 Å². The molecule has 0 unspecified atom stereocenters. The molecule has 5 nitrogen and oxygen atoms in total. The fourth-order valence-electron chi connectivity index (χ4n) is 2.48. The first kappa shape index (κ1) is 19.2. The minimum Gasteiger partial charge on any atom is -0.348 e. The van der Waals surface area contributed by atoms with Crippen LogP contribution in [0.2, 0.25) is 0 Å². The fourth-order valence-corrected chi connectivity index (χ4v) is 3.54. The SMILES string of the molecule is CNC(=O)C#Cc1ccc(NS(=O)(=O)c2ccc(-c3ccccc3)cc2)cc1. The van der Waals surface area contributed by atoms with Crippen LogP contribution in [0.5, 0.6) is 0 Å². The van der Waals surface area contributed by atoms with Gasteiger partial charge in [0.2, 0.25) is 0 Å². The van der Waals surface area contributed by atoms with Crippen LogP contribution in [0.15, 0.2) is 83.8 Å². The van der Waals surface area contributed by atoms with Crippen molar-refractivity contribution in [1.29, 1.82) is 0 Å². The monoisotopic (exact) mass is 390 g/mol. The van der Waals surface area contributed by atoms with E-state index in [-0.39, 0.29) is 10.8 Å². The van der Waals surface area contributed by atoms with E-state index in [4.69, 9.17) is 0 Å². The maximum Gasteiger partial charge on any atom is 0.295 e. The molecule has 0 heterocycles. The largest absolute Gasteiger partial charge is 0.348 e. The highest BCUT2D eigenvalue weighted by atomic mass is 32.2. The molecule has 0 aliphatic carbocycles. The molecule has 3 aromatic rings. The zero-order valence-corrected chi connectivity index (χ0v) is 16.0. The average molecular weight is 390 g/mol. The van der Waals surface area contributed by atoms with Crippen LogP contribution >= 0.6 is 0 Å². The van der Waals surface area contributed by atoms with Gasteiger partial charge in [0.25, 0.3) is 15.9 Å². The number of nitrogens with one attached hydrogen (secondary N) is 2. The normalized spacial score (nSPS) is 10.5. The molecule has 2 N–H and O–H groups in total. The predicted octanol–water partition coefficient (Wildman–Crippen LogP) is 3.25. The maximum absolute atomic E-state index is 12.6. The van der Waals surface area contributed by atoms with Crippen molar-refractivity contribution in [2.75, 3.05) is 11.8 Å². The number of rotatable bonds is 4. The van der Waals surface area contributed by atoms with Gasteiger partial charge in [0.1, 0.15) is 0 Å². The summed E-state index contributed by atoms with van der Waals surface area (Å²) in [6, 6.07) is 22.9. The Morgan fingerprint density at radius 2 is 1.43 bits per heavy atom. The van der Waals surface area contributed by atoms with Crippen LogP contribution in [-0.4, -0.2) is 21.4 Å². The Labute approximate surface area is 164 Å². The Hall–Kier alpha value is -3.56.